The van der Waals surface area contributed by atoms with Crippen LogP contribution in [0.25, 0.3) is 0 Å². The number of carbonyl (C=O) groups is 1. The van der Waals surface area contributed by atoms with Crippen LogP contribution in [0.15, 0.2) is 48.5 Å². The van der Waals surface area contributed by atoms with E-state index in [0.29, 0.717) is 25.4 Å². The Hall–Kier alpha value is -2.49. The van der Waals surface area contributed by atoms with Crippen molar-refractivity contribution in [1.82, 2.24) is 0 Å². The summed E-state index contributed by atoms with van der Waals surface area (Å²) in [5, 5.41) is 2.86. The first-order chi connectivity index (χ1) is 11.6. The molecule has 2 aromatic carbocycles. The smallest absolute Gasteiger partial charge is 0.224 e. The van der Waals surface area contributed by atoms with Crippen LogP contribution in [0.5, 0.6) is 11.5 Å². The van der Waals surface area contributed by atoms with E-state index in [1.165, 1.54) is 5.56 Å². The molecule has 0 fully saturated rings. The lowest BCUT2D eigenvalue weighted by molar-refractivity contribution is -0.116. The van der Waals surface area contributed by atoms with Crippen molar-refractivity contribution in [2.45, 2.75) is 32.6 Å². The van der Waals surface area contributed by atoms with Gasteiger partial charge in [0.15, 0.2) is 0 Å². The van der Waals surface area contributed by atoms with Crippen molar-refractivity contribution in [3.05, 3.63) is 54.1 Å². The molecule has 4 nitrogen and oxygen atoms in total. The Bertz CT molecular complexity index is 650. The highest BCUT2D eigenvalue weighted by molar-refractivity contribution is 5.90. The molecule has 128 valence electrons. The van der Waals surface area contributed by atoms with E-state index in [4.69, 9.17) is 9.47 Å². The summed E-state index contributed by atoms with van der Waals surface area (Å²) in [4.78, 5) is 11.9. The van der Waals surface area contributed by atoms with Gasteiger partial charge >= 0.3 is 0 Å². The third-order valence-electron chi connectivity index (χ3n) is 3.72. The molecule has 0 unspecified atom stereocenters. The van der Waals surface area contributed by atoms with Crippen LogP contribution in [-0.4, -0.2) is 19.6 Å². The van der Waals surface area contributed by atoms with Gasteiger partial charge in [-0.3, -0.25) is 4.79 Å². The Balaban J connectivity index is 1.70. The maximum absolute atomic E-state index is 11.9. The summed E-state index contributed by atoms with van der Waals surface area (Å²) in [5.74, 6) is 2.05. The van der Waals surface area contributed by atoms with E-state index in [2.05, 4.69) is 31.3 Å². The molecule has 0 aliphatic heterocycles. The number of ether oxygens (including phenoxy) is 2. The van der Waals surface area contributed by atoms with Crippen LogP contribution in [0.1, 0.15) is 38.2 Å². The highest BCUT2D eigenvalue weighted by Crippen LogP contribution is 2.19. The van der Waals surface area contributed by atoms with Gasteiger partial charge in [-0.2, -0.15) is 0 Å². The van der Waals surface area contributed by atoms with Crippen molar-refractivity contribution in [2.24, 2.45) is 0 Å². The molecule has 0 aliphatic carbocycles. The molecule has 1 N–H and O–H groups in total. The van der Waals surface area contributed by atoms with Crippen molar-refractivity contribution < 1.29 is 14.3 Å². The Morgan fingerprint density at radius 1 is 1.08 bits per heavy atom. The van der Waals surface area contributed by atoms with Gasteiger partial charge in [-0.05, 0) is 42.2 Å². The van der Waals surface area contributed by atoms with Crippen LogP contribution in [0.4, 0.5) is 5.69 Å². The molecular formula is C20H25NO3. The van der Waals surface area contributed by atoms with Crippen LogP contribution in [-0.2, 0) is 4.79 Å². The summed E-state index contributed by atoms with van der Waals surface area (Å²) < 4.78 is 10.8. The van der Waals surface area contributed by atoms with Crippen LogP contribution in [0.3, 0.4) is 0 Å². The van der Waals surface area contributed by atoms with Gasteiger partial charge in [0.1, 0.15) is 11.5 Å². The summed E-state index contributed by atoms with van der Waals surface area (Å²) in [6, 6.07) is 15.4. The molecule has 0 heterocycles. The molecule has 0 aliphatic rings. The van der Waals surface area contributed by atoms with E-state index in [0.717, 1.165) is 17.2 Å². The third kappa shape index (κ3) is 5.61. The zero-order valence-corrected chi connectivity index (χ0v) is 14.5. The number of carbonyl (C=O) groups excluding carboxylic acids is 1. The van der Waals surface area contributed by atoms with Crippen molar-refractivity contribution in [1.29, 1.82) is 0 Å². The molecule has 0 aromatic heterocycles. The number of hydrogen-bond donors (Lipinski definition) is 1. The fourth-order valence-electron chi connectivity index (χ4n) is 2.30. The van der Waals surface area contributed by atoms with Crippen molar-refractivity contribution in [3.63, 3.8) is 0 Å². The van der Waals surface area contributed by atoms with Crippen LogP contribution < -0.4 is 14.8 Å². The number of benzene rings is 2. The minimum atomic E-state index is -0.0259. The van der Waals surface area contributed by atoms with Crippen LogP contribution >= 0.6 is 0 Å². The summed E-state index contributed by atoms with van der Waals surface area (Å²) in [6.07, 6.45) is 1.09. The largest absolute Gasteiger partial charge is 0.497 e. The first kappa shape index (κ1) is 17.9. The maximum Gasteiger partial charge on any atom is 0.224 e. The quantitative estimate of drug-likeness (QED) is 0.720. The summed E-state index contributed by atoms with van der Waals surface area (Å²) in [5.41, 5.74) is 2.03. The molecule has 4 heteroatoms. The van der Waals surface area contributed by atoms with Gasteiger partial charge in [0.05, 0.1) is 13.7 Å². The molecule has 0 spiro atoms. The zero-order chi connectivity index (χ0) is 17.4. The number of amides is 1. The Morgan fingerprint density at radius 3 is 2.50 bits per heavy atom. The predicted molar refractivity (Wildman–Crippen MR) is 96.9 cm³/mol. The molecule has 1 amide bonds. The van der Waals surface area contributed by atoms with Gasteiger partial charge < -0.3 is 14.8 Å². The number of hydrogen-bond acceptors (Lipinski definition) is 3. The number of nitrogens with one attached hydrogen (secondary N) is 1. The lowest BCUT2D eigenvalue weighted by Crippen LogP contribution is -2.12. The second-order valence-corrected chi connectivity index (χ2v) is 5.96. The monoisotopic (exact) mass is 327 g/mol. The average Bonchev–Trinajstić information content (AvgIpc) is 2.59. The molecule has 0 radical (unpaired) electrons. The molecule has 24 heavy (non-hydrogen) atoms. The predicted octanol–water partition coefficient (Wildman–Crippen LogP) is 4.62. The molecule has 0 atom stereocenters. The lowest BCUT2D eigenvalue weighted by Gasteiger charge is -2.09. The Kier molecular flexibility index (Phi) is 6.67. The second-order valence-electron chi connectivity index (χ2n) is 5.96. The van der Waals surface area contributed by atoms with Gasteiger partial charge in [0.2, 0.25) is 5.91 Å². The van der Waals surface area contributed by atoms with Gasteiger partial charge in [-0.25, -0.2) is 0 Å². The number of methoxy groups -OCH3 is 1. The first-order valence-electron chi connectivity index (χ1n) is 8.25. The molecule has 2 rings (SSSR count). The average molecular weight is 327 g/mol. The number of rotatable bonds is 8. The number of anilines is 1. The molecule has 2 aromatic rings. The van der Waals surface area contributed by atoms with E-state index < -0.39 is 0 Å². The molecule has 0 bridgehead atoms. The second kappa shape index (κ2) is 8.96. The van der Waals surface area contributed by atoms with E-state index >= 15 is 0 Å². The third-order valence-corrected chi connectivity index (χ3v) is 3.72. The van der Waals surface area contributed by atoms with E-state index in [1.54, 1.807) is 13.2 Å². The minimum absolute atomic E-state index is 0.0259. The first-order valence-corrected chi connectivity index (χ1v) is 8.25. The summed E-state index contributed by atoms with van der Waals surface area (Å²) in [6.45, 7) is 4.85. The van der Waals surface area contributed by atoms with E-state index in [1.807, 2.05) is 30.3 Å². The molecular weight excluding hydrogens is 302 g/mol. The van der Waals surface area contributed by atoms with Crippen molar-refractivity contribution in [2.75, 3.05) is 19.0 Å². The van der Waals surface area contributed by atoms with Crippen LogP contribution in [0.2, 0.25) is 0 Å². The standard InChI is InChI=1S/C20H25NO3/c1-15(2)16-9-11-18(12-10-16)24-13-5-8-20(22)21-17-6-4-7-19(14-17)23-3/h4,6-7,9-12,14-15H,5,8,13H2,1-3H3,(H,21,22). The van der Waals surface area contributed by atoms with E-state index in [9.17, 15) is 4.79 Å². The Morgan fingerprint density at radius 2 is 1.83 bits per heavy atom. The van der Waals surface area contributed by atoms with Crippen molar-refractivity contribution >= 4 is 11.6 Å². The summed E-state index contributed by atoms with van der Waals surface area (Å²) >= 11 is 0. The zero-order valence-electron chi connectivity index (χ0n) is 14.5. The fraction of sp³-hybridized carbons (Fsp3) is 0.350. The van der Waals surface area contributed by atoms with Gasteiger partial charge in [-0.1, -0.05) is 32.0 Å². The lowest BCUT2D eigenvalue weighted by atomic mass is 10.0. The topological polar surface area (TPSA) is 47.6 Å². The highest BCUT2D eigenvalue weighted by atomic mass is 16.5. The van der Waals surface area contributed by atoms with Gasteiger partial charge in [-0.15, -0.1) is 0 Å². The summed E-state index contributed by atoms with van der Waals surface area (Å²) in [7, 11) is 1.60. The molecule has 0 saturated carbocycles. The Labute approximate surface area is 143 Å². The minimum Gasteiger partial charge on any atom is -0.497 e. The fourth-order valence-corrected chi connectivity index (χ4v) is 2.30. The highest BCUT2D eigenvalue weighted by Gasteiger charge is 2.04. The SMILES string of the molecule is COc1cccc(NC(=O)CCCOc2ccc(C(C)C)cc2)c1. The normalized spacial score (nSPS) is 10.5. The molecule has 0 saturated heterocycles. The maximum atomic E-state index is 11.9. The van der Waals surface area contributed by atoms with E-state index in [-0.39, 0.29) is 5.91 Å². The van der Waals surface area contributed by atoms with Crippen molar-refractivity contribution in [3.8, 4) is 11.5 Å². The van der Waals surface area contributed by atoms with Gasteiger partial charge in [0, 0.05) is 18.2 Å². The van der Waals surface area contributed by atoms with Gasteiger partial charge in [0.25, 0.3) is 0 Å². The van der Waals surface area contributed by atoms with Crippen LogP contribution in [0, 0.1) is 0 Å².